The maximum Gasteiger partial charge on any atom is 1.00 e. The van der Waals surface area contributed by atoms with Crippen LogP contribution in [0.2, 0.25) is 0 Å². The van der Waals surface area contributed by atoms with Crippen molar-refractivity contribution in [1.29, 1.82) is 0 Å². The molecule has 1 amide bonds. The summed E-state index contributed by atoms with van der Waals surface area (Å²) in [6.07, 6.45) is 12.8. The largest absolute Gasteiger partial charge is 1.00 e. The van der Waals surface area contributed by atoms with E-state index in [1.165, 1.54) is 4.90 Å². The molecule has 0 fully saturated rings. The Labute approximate surface area is 441 Å². The first-order valence-corrected chi connectivity index (χ1v) is 25.2. The number of carbonyl (C=O) groups is 1. The Balaban J connectivity index is 0. The third kappa shape index (κ3) is 23.8. The van der Waals surface area contributed by atoms with E-state index in [1.807, 2.05) is 58.3 Å². The van der Waals surface area contributed by atoms with E-state index in [4.69, 9.17) is 12.6 Å². The van der Waals surface area contributed by atoms with Crippen LogP contribution in [0.3, 0.4) is 0 Å². The molecular weight excluding hydrogens is 932 g/mol. The number of nitrogens with zero attached hydrogens (tertiary/aromatic N) is 3. The van der Waals surface area contributed by atoms with Crippen LogP contribution in [-0.4, -0.2) is 136 Å². The van der Waals surface area contributed by atoms with Crippen LogP contribution < -0.4 is 98.9 Å². The van der Waals surface area contributed by atoms with Crippen molar-refractivity contribution >= 4 is 64.0 Å². The Kier molecular flexibility index (Phi) is 30.7. The molecule has 338 valence electrons. The maximum absolute atomic E-state index is 12.3. The standard InChI is InChI=1S/C38H59N5O10S3.3Na.O3S/c1-31-37(2,22-14-28-54(45,46)47)35(43(40-31)26-16-30-56(51,52)53)20-9-6-8-19-34-38(3,23-15-29-55(48,49)50)32-17-11-12-18-33(32)42(34)25-13-7-10-21-36(44)39-24-27-41(4)5;;;;1-4(2)3/h6,8-9,12,17-20H,7,10,13-16,21-30H2,1-5H3,(H,39,44)(H,45,46,47)(H,48,49,50)(H,51,52,53);;;;/q;3*+1;/p-2. The van der Waals surface area contributed by atoms with Crippen LogP contribution in [0.15, 0.2) is 59.4 Å². The van der Waals surface area contributed by atoms with Crippen molar-refractivity contribution in [3.8, 4) is 0 Å². The summed E-state index contributed by atoms with van der Waals surface area (Å²) in [5, 5.41) is 9.16. The average Bonchev–Trinajstić information content (AvgIpc) is 3.47. The third-order valence-corrected chi connectivity index (χ3v) is 12.7. The Morgan fingerprint density at radius 2 is 1.41 bits per heavy atom. The number of hydrogen-bond donors (Lipinski definition) is 2. The fourth-order valence-electron chi connectivity index (χ4n) is 7.23. The zero-order valence-electron chi connectivity index (χ0n) is 37.7. The number of amides is 1. The van der Waals surface area contributed by atoms with Gasteiger partial charge in [-0.2, -0.15) is 23.3 Å². The van der Waals surface area contributed by atoms with Crippen molar-refractivity contribution in [3.05, 3.63) is 65.9 Å². The topological polar surface area (TPSA) is 275 Å². The molecule has 2 aliphatic rings. The molecule has 3 rings (SSSR count). The van der Waals surface area contributed by atoms with Gasteiger partial charge < -0.3 is 23.9 Å². The van der Waals surface area contributed by atoms with Crippen molar-refractivity contribution in [2.24, 2.45) is 10.5 Å². The smallest absolute Gasteiger partial charge is 0.748 e. The average molecular weight is 989 g/mol. The van der Waals surface area contributed by atoms with Crippen molar-refractivity contribution in [2.75, 3.05) is 57.5 Å². The molecule has 2 N–H and O–H groups in total. The summed E-state index contributed by atoms with van der Waals surface area (Å²) < 4.78 is 130. The maximum atomic E-state index is 12.3. The molecule has 0 saturated heterocycles. The van der Waals surface area contributed by atoms with Crippen LogP contribution in [0.4, 0.5) is 5.69 Å². The minimum Gasteiger partial charge on any atom is -0.748 e. The summed E-state index contributed by atoms with van der Waals surface area (Å²) in [5.74, 6) is -1.58. The molecule has 0 bridgehead atoms. The first-order valence-electron chi connectivity index (χ1n) is 19.5. The van der Waals surface area contributed by atoms with Crippen LogP contribution in [0.25, 0.3) is 0 Å². The molecule has 2 heterocycles. The number of unbranched alkanes of at least 4 members (excludes halogenated alkanes) is 2. The molecule has 0 saturated carbocycles. The second kappa shape index (κ2) is 30.0. The molecule has 25 heteroatoms. The fraction of sp³-hybridized carbons (Fsp3) is 0.605. The first-order chi connectivity index (χ1) is 27.8. The SMILES string of the molecule is CC1=NN(CCCS(=O)(=O)[O-])\C(=C/C=C/C=C/C2=[N+](CCCCCC(=O)NCC[NH+](C)C)c3cc[c-]cc3C2(C)CCCS(=O)(=O)[O-])C1(C)CCCS(=O)(=O)[O-].O=S(=O)=O.[Na+].[Na+].[Na+]. The Morgan fingerprint density at radius 1 is 0.857 bits per heavy atom. The van der Waals surface area contributed by atoms with Gasteiger partial charge in [0.25, 0.3) is 0 Å². The van der Waals surface area contributed by atoms with Gasteiger partial charge in [0.1, 0.15) is 12.2 Å². The fourth-order valence-corrected chi connectivity index (χ4v) is 8.71. The van der Waals surface area contributed by atoms with E-state index in [1.54, 1.807) is 30.2 Å². The molecule has 0 spiro atoms. The molecule has 63 heavy (non-hydrogen) atoms. The molecule has 0 radical (unpaired) electrons. The van der Waals surface area contributed by atoms with Crippen molar-refractivity contribution in [3.63, 3.8) is 0 Å². The number of carbonyl (C=O) groups excluding carboxylic acids is 1. The zero-order chi connectivity index (χ0) is 45.4. The predicted molar refractivity (Wildman–Crippen MR) is 222 cm³/mol. The molecule has 0 aliphatic carbocycles. The van der Waals surface area contributed by atoms with Crippen LogP contribution in [0.1, 0.15) is 84.1 Å². The predicted octanol–water partition coefficient (Wildman–Crippen LogP) is -8.05. The summed E-state index contributed by atoms with van der Waals surface area (Å²) >= 11 is 0. The minimum absolute atomic E-state index is 0. The number of fused-ring (bicyclic) bond motifs is 1. The van der Waals surface area contributed by atoms with E-state index in [2.05, 4.69) is 21.1 Å². The number of nitrogens with one attached hydrogen (secondary N) is 2. The summed E-state index contributed by atoms with van der Waals surface area (Å²) in [6, 6.07) is 8.82. The van der Waals surface area contributed by atoms with E-state index in [9.17, 15) is 43.7 Å². The van der Waals surface area contributed by atoms with E-state index in [-0.39, 0.29) is 127 Å². The number of likely N-dealkylation sites (N-methyl/N-ethyl adjacent to an activating group) is 1. The van der Waals surface area contributed by atoms with Gasteiger partial charge in [-0.05, 0) is 64.9 Å². The number of rotatable bonds is 24. The second-order valence-corrected chi connectivity index (χ2v) is 20.4. The van der Waals surface area contributed by atoms with E-state index >= 15 is 0 Å². The van der Waals surface area contributed by atoms with Gasteiger partial charge in [0.05, 0.1) is 57.5 Å². The normalized spacial score (nSPS) is 19.3. The van der Waals surface area contributed by atoms with Gasteiger partial charge in [0, 0.05) is 65.0 Å². The molecule has 2 unspecified atom stereocenters. The molecule has 1 aromatic rings. The van der Waals surface area contributed by atoms with Gasteiger partial charge in [-0.3, -0.25) is 9.80 Å². The quantitative estimate of drug-likeness (QED) is 0.0243. The number of hydrogen-bond acceptors (Lipinski definition) is 15. The number of allylic oxidation sites excluding steroid dienone is 6. The monoisotopic (exact) mass is 988 g/mol. The van der Waals surface area contributed by atoms with Gasteiger partial charge in [0.15, 0.2) is 5.71 Å². The molecule has 2 atom stereocenters. The summed E-state index contributed by atoms with van der Waals surface area (Å²) in [5.41, 5.74) is 2.71. The Hall–Kier alpha value is -0.640. The van der Waals surface area contributed by atoms with Crippen molar-refractivity contribution in [2.45, 2.75) is 84.0 Å². The number of quaternary nitrogens is 1. The molecule has 1 aromatic carbocycles. The molecule has 0 aromatic heterocycles. The van der Waals surface area contributed by atoms with Gasteiger partial charge in [0.2, 0.25) is 5.91 Å². The minimum atomic E-state index is -4.44. The molecular formula is C38H57N5Na3O13S4+. The van der Waals surface area contributed by atoms with Crippen LogP contribution in [0, 0.1) is 11.5 Å². The van der Waals surface area contributed by atoms with E-state index < -0.39 is 69.1 Å². The number of benzene rings is 1. The summed E-state index contributed by atoms with van der Waals surface area (Å²) in [6.45, 7) is 7.90. The van der Waals surface area contributed by atoms with Gasteiger partial charge in [-0.1, -0.05) is 30.7 Å². The first kappa shape index (κ1) is 64.4. The van der Waals surface area contributed by atoms with Crippen molar-refractivity contribution in [1.82, 2.24) is 10.3 Å². The van der Waals surface area contributed by atoms with Crippen LogP contribution >= 0.6 is 0 Å². The summed E-state index contributed by atoms with van der Waals surface area (Å²) in [7, 11) is -12.4. The van der Waals surface area contributed by atoms with E-state index in [0.29, 0.717) is 37.3 Å². The van der Waals surface area contributed by atoms with Gasteiger partial charge in [-0.25, -0.2) is 29.8 Å². The van der Waals surface area contributed by atoms with Gasteiger partial charge >= 0.3 is 99.3 Å². The third-order valence-electron chi connectivity index (χ3n) is 10.4. The molecule has 18 nitrogen and oxygen atoms in total. The van der Waals surface area contributed by atoms with Crippen molar-refractivity contribution < 1.29 is 154 Å². The zero-order valence-corrected chi connectivity index (χ0v) is 47.0. The molecule has 2 aliphatic heterocycles. The Morgan fingerprint density at radius 3 is 1.97 bits per heavy atom. The number of hydrazone groups is 1. The summed E-state index contributed by atoms with van der Waals surface area (Å²) in [4.78, 5) is 13.6. The van der Waals surface area contributed by atoms with Crippen LogP contribution in [-0.2, 0) is 51.2 Å². The van der Waals surface area contributed by atoms with Crippen LogP contribution in [0.5, 0.6) is 0 Å². The van der Waals surface area contributed by atoms with Gasteiger partial charge in [-0.15, -0.1) is 18.7 Å². The Bertz CT molecular complexity index is 2270. The van der Waals surface area contributed by atoms with E-state index in [0.717, 1.165) is 42.8 Å². The second-order valence-electron chi connectivity index (χ2n) is 15.4.